The molecule has 2 heterocycles. The van der Waals surface area contributed by atoms with Crippen LogP contribution in [-0.2, 0) is 10.0 Å². The van der Waals surface area contributed by atoms with Crippen LogP contribution in [0.25, 0.3) is 11.3 Å². The fourth-order valence-electron chi connectivity index (χ4n) is 2.02. The van der Waals surface area contributed by atoms with Crippen molar-refractivity contribution < 1.29 is 17.7 Å². The summed E-state index contributed by atoms with van der Waals surface area (Å²) in [6.45, 7) is 1.73. The fraction of sp³-hybridized carbons (Fsp3) is 0.133. The van der Waals surface area contributed by atoms with Gasteiger partial charge in [-0.15, -0.1) is 11.3 Å². The minimum absolute atomic E-state index is 0.116. The van der Waals surface area contributed by atoms with Gasteiger partial charge in [-0.2, -0.15) is 0 Å². The Balaban J connectivity index is 1.71. The van der Waals surface area contributed by atoms with E-state index in [-0.39, 0.29) is 5.76 Å². The van der Waals surface area contributed by atoms with Gasteiger partial charge in [0.25, 0.3) is 5.91 Å². The molecule has 0 unspecified atom stereocenters. The third kappa shape index (κ3) is 4.43. The van der Waals surface area contributed by atoms with Crippen molar-refractivity contribution in [3.05, 3.63) is 47.2 Å². The van der Waals surface area contributed by atoms with E-state index in [0.29, 0.717) is 22.2 Å². The summed E-state index contributed by atoms with van der Waals surface area (Å²) in [5, 5.41) is 8.53. The second-order valence-electron chi connectivity index (χ2n) is 5.28. The summed E-state index contributed by atoms with van der Waals surface area (Å²) in [5.74, 6) is -0.306. The van der Waals surface area contributed by atoms with Gasteiger partial charge in [0.1, 0.15) is 0 Å². The number of aromatic nitrogens is 2. The molecular weight excluding hydrogens is 364 g/mol. The topological polar surface area (TPSA) is 114 Å². The third-order valence-electron chi connectivity index (χ3n) is 3.06. The maximum Gasteiger partial charge on any atom is 0.296 e. The quantitative estimate of drug-likeness (QED) is 0.705. The first-order valence-corrected chi connectivity index (χ1v) is 9.86. The number of nitrogens with one attached hydrogen (secondary N) is 2. The van der Waals surface area contributed by atoms with Crippen molar-refractivity contribution in [3.8, 4) is 11.3 Å². The van der Waals surface area contributed by atoms with Gasteiger partial charge in [-0.05, 0) is 19.1 Å². The van der Waals surface area contributed by atoms with E-state index in [9.17, 15) is 13.2 Å². The highest BCUT2D eigenvalue weighted by Gasteiger charge is 2.14. The number of hydrogen-bond acceptors (Lipinski definition) is 7. The van der Waals surface area contributed by atoms with Crippen LogP contribution in [0.1, 0.15) is 16.2 Å². The molecule has 10 heteroatoms. The average Bonchev–Trinajstić information content (AvgIpc) is 3.16. The molecule has 0 saturated carbocycles. The summed E-state index contributed by atoms with van der Waals surface area (Å²) in [4.78, 5) is 16.4. The van der Waals surface area contributed by atoms with Crippen molar-refractivity contribution in [1.82, 2.24) is 10.1 Å². The zero-order chi connectivity index (χ0) is 18.0. The van der Waals surface area contributed by atoms with E-state index < -0.39 is 15.9 Å². The Morgan fingerprint density at radius 1 is 1.24 bits per heavy atom. The molecule has 25 heavy (non-hydrogen) atoms. The van der Waals surface area contributed by atoms with Gasteiger partial charge in [0, 0.05) is 22.7 Å². The van der Waals surface area contributed by atoms with Crippen LogP contribution < -0.4 is 10.0 Å². The van der Waals surface area contributed by atoms with E-state index in [1.165, 1.54) is 17.4 Å². The summed E-state index contributed by atoms with van der Waals surface area (Å²) in [6.07, 6.45) is 1.09. The molecule has 3 rings (SSSR count). The van der Waals surface area contributed by atoms with Crippen molar-refractivity contribution in [3.63, 3.8) is 0 Å². The second kappa shape index (κ2) is 6.65. The summed E-state index contributed by atoms with van der Waals surface area (Å²) in [5.41, 5.74) is 2.55. The molecule has 0 radical (unpaired) electrons. The Morgan fingerprint density at radius 3 is 2.56 bits per heavy atom. The van der Waals surface area contributed by atoms with Crippen molar-refractivity contribution in [1.29, 1.82) is 0 Å². The molecule has 1 amide bonds. The first-order chi connectivity index (χ1) is 11.8. The number of carbonyl (C=O) groups is 1. The Bertz CT molecular complexity index is 1010. The van der Waals surface area contributed by atoms with Crippen LogP contribution in [0.5, 0.6) is 0 Å². The molecule has 2 N–H and O–H groups in total. The Morgan fingerprint density at radius 2 is 1.96 bits per heavy atom. The van der Waals surface area contributed by atoms with E-state index in [1.54, 1.807) is 36.6 Å². The van der Waals surface area contributed by atoms with Crippen molar-refractivity contribution in [2.75, 3.05) is 16.3 Å². The molecule has 0 aliphatic carbocycles. The van der Waals surface area contributed by atoms with Crippen molar-refractivity contribution in [2.24, 2.45) is 0 Å². The first kappa shape index (κ1) is 17.1. The lowest BCUT2D eigenvalue weighted by Gasteiger charge is -2.04. The number of sulfonamides is 1. The van der Waals surface area contributed by atoms with Gasteiger partial charge in [0.05, 0.1) is 17.6 Å². The van der Waals surface area contributed by atoms with Crippen LogP contribution in [0.3, 0.4) is 0 Å². The SMILES string of the molecule is Cc1cc(C(=O)Nc2nc(-c3ccc(NS(C)(=O)=O)cc3)cs2)on1. The van der Waals surface area contributed by atoms with Crippen molar-refractivity contribution in [2.45, 2.75) is 6.92 Å². The van der Waals surface area contributed by atoms with Gasteiger partial charge >= 0.3 is 0 Å². The first-order valence-electron chi connectivity index (χ1n) is 7.08. The maximum atomic E-state index is 12.0. The van der Waals surface area contributed by atoms with E-state index in [4.69, 9.17) is 4.52 Å². The predicted octanol–water partition coefficient (Wildman–Crippen LogP) is 2.73. The molecule has 130 valence electrons. The van der Waals surface area contributed by atoms with Crippen LogP contribution >= 0.6 is 11.3 Å². The van der Waals surface area contributed by atoms with Gasteiger partial charge in [-0.25, -0.2) is 13.4 Å². The molecule has 0 saturated heterocycles. The zero-order valence-electron chi connectivity index (χ0n) is 13.3. The lowest BCUT2D eigenvalue weighted by Crippen LogP contribution is -2.10. The minimum Gasteiger partial charge on any atom is -0.351 e. The number of thiazole rings is 1. The van der Waals surface area contributed by atoms with Crippen LogP contribution in [0.2, 0.25) is 0 Å². The number of rotatable bonds is 5. The Labute approximate surface area is 147 Å². The highest BCUT2D eigenvalue weighted by Crippen LogP contribution is 2.26. The van der Waals surface area contributed by atoms with Crippen molar-refractivity contribution >= 4 is 38.1 Å². The van der Waals surface area contributed by atoms with E-state index in [2.05, 4.69) is 20.2 Å². The lowest BCUT2D eigenvalue weighted by molar-refractivity contribution is 0.0988. The fourth-order valence-corrected chi connectivity index (χ4v) is 3.30. The van der Waals surface area contributed by atoms with Gasteiger partial charge in [0.2, 0.25) is 15.8 Å². The standard InChI is InChI=1S/C15H14N4O4S2/c1-9-7-13(23-18-9)14(20)17-15-16-12(8-24-15)10-3-5-11(6-4-10)19-25(2,21)22/h3-8,19H,1-2H3,(H,16,17,20). The van der Waals surface area contributed by atoms with Crippen LogP contribution in [-0.4, -0.2) is 30.7 Å². The van der Waals surface area contributed by atoms with Gasteiger partial charge in [-0.3, -0.25) is 14.8 Å². The molecule has 0 fully saturated rings. The largest absolute Gasteiger partial charge is 0.351 e. The molecule has 0 aliphatic heterocycles. The minimum atomic E-state index is -3.31. The van der Waals surface area contributed by atoms with E-state index >= 15 is 0 Å². The molecule has 0 atom stereocenters. The second-order valence-corrected chi connectivity index (χ2v) is 7.88. The normalized spacial score (nSPS) is 11.3. The Hall–Kier alpha value is -2.72. The Kier molecular flexibility index (Phi) is 4.55. The third-order valence-corrected chi connectivity index (χ3v) is 4.42. The number of anilines is 2. The number of nitrogens with zero attached hydrogens (tertiary/aromatic N) is 2. The summed E-state index contributed by atoms with van der Waals surface area (Å²) >= 11 is 1.27. The zero-order valence-corrected chi connectivity index (χ0v) is 14.9. The number of amides is 1. The van der Waals surface area contributed by atoms with Gasteiger partial charge in [0.15, 0.2) is 5.13 Å². The predicted molar refractivity (Wildman–Crippen MR) is 95.2 cm³/mol. The van der Waals surface area contributed by atoms with Crippen LogP contribution in [0.4, 0.5) is 10.8 Å². The smallest absolute Gasteiger partial charge is 0.296 e. The number of benzene rings is 1. The lowest BCUT2D eigenvalue weighted by atomic mass is 10.1. The molecule has 3 aromatic rings. The molecule has 0 aliphatic rings. The summed E-state index contributed by atoms with van der Waals surface area (Å²) < 4.78 is 29.7. The monoisotopic (exact) mass is 378 g/mol. The van der Waals surface area contributed by atoms with E-state index in [1.807, 2.05) is 0 Å². The molecule has 0 spiro atoms. The summed E-state index contributed by atoms with van der Waals surface area (Å²) in [6, 6.07) is 8.32. The van der Waals surface area contributed by atoms with Crippen LogP contribution in [0, 0.1) is 6.92 Å². The van der Waals surface area contributed by atoms with Gasteiger partial charge < -0.3 is 4.52 Å². The molecule has 1 aromatic carbocycles. The molecular formula is C15H14N4O4S2. The average molecular weight is 378 g/mol. The molecule has 2 aromatic heterocycles. The highest BCUT2D eigenvalue weighted by atomic mass is 32.2. The molecule has 8 nitrogen and oxygen atoms in total. The highest BCUT2D eigenvalue weighted by molar-refractivity contribution is 7.92. The number of hydrogen-bond donors (Lipinski definition) is 2. The maximum absolute atomic E-state index is 12.0. The number of aryl methyl sites for hydroxylation is 1. The summed E-state index contributed by atoms with van der Waals surface area (Å²) in [7, 11) is -3.31. The van der Waals surface area contributed by atoms with Gasteiger partial charge in [-0.1, -0.05) is 17.3 Å². The molecule has 0 bridgehead atoms. The number of carbonyl (C=O) groups excluding carboxylic acids is 1. The van der Waals surface area contributed by atoms with E-state index in [0.717, 1.165) is 11.8 Å². The van der Waals surface area contributed by atoms with Crippen LogP contribution in [0.15, 0.2) is 40.2 Å².